The molecule has 0 aliphatic heterocycles. The number of carbonyl (C=O) groups is 2. The smallest absolute Gasteiger partial charge is 0.316 e. The molecule has 0 aliphatic rings. The number of benzene rings is 1. The Hall–Kier alpha value is -1.95. The van der Waals surface area contributed by atoms with Crippen molar-refractivity contribution >= 4 is 34.5 Å². The lowest BCUT2D eigenvalue weighted by atomic mass is 10.1. The number of carbonyl (C=O) groups excluding carboxylic acids is 1. The van der Waals surface area contributed by atoms with Gasteiger partial charge in [0.25, 0.3) is 0 Å². The molecule has 0 unspecified atom stereocenters. The van der Waals surface area contributed by atoms with Crippen molar-refractivity contribution in [1.82, 2.24) is 10.3 Å². The van der Waals surface area contributed by atoms with E-state index in [0.717, 1.165) is 28.2 Å². The molecule has 0 saturated heterocycles. The Labute approximate surface area is 120 Å². The van der Waals surface area contributed by atoms with Crippen LogP contribution in [0.1, 0.15) is 5.56 Å². The van der Waals surface area contributed by atoms with Gasteiger partial charge in [0, 0.05) is 24.1 Å². The van der Waals surface area contributed by atoms with E-state index >= 15 is 0 Å². The molecule has 0 aliphatic carbocycles. The van der Waals surface area contributed by atoms with E-state index in [9.17, 15) is 14.7 Å². The molecule has 0 spiro atoms. The van der Waals surface area contributed by atoms with Crippen molar-refractivity contribution in [2.24, 2.45) is 0 Å². The van der Waals surface area contributed by atoms with Crippen LogP contribution in [0.5, 0.6) is 0 Å². The van der Waals surface area contributed by atoms with Gasteiger partial charge in [0.1, 0.15) is 5.25 Å². The number of aromatic nitrogens is 1. The molecule has 0 saturated carbocycles. The van der Waals surface area contributed by atoms with Crippen molar-refractivity contribution in [3.63, 3.8) is 0 Å². The predicted octanol–water partition coefficient (Wildman–Crippen LogP) is 1.64. The molecule has 5 nitrogen and oxygen atoms in total. The van der Waals surface area contributed by atoms with Gasteiger partial charge in [-0.1, -0.05) is 18.2 Å². The molecular formula is C14H16N2O3S. The molecule has 106 valence electrons. The van der Waals surface area contributed by atoms with Gasteiger partial charge in [-0.3, -0.25) is 9.59 Å². The summed E-state index contributed by atoms with van der Waals surface area (Å²) in [6.45, 7) is 0. The number of hydrogen-bond acceptors (Lipinski definition) is 3. The highest BCUT2D eigenvalue weighted by Crippen LogP contribution is 2.23. The number of fused-ring (bicyclic) bond motifs is 1. The van der Waals surface area contributed by atoms with Crippen LogP contribution in [-0.2, 0) is 16.0 Å². The number of nitrogens with one attached hydrogen (secondary N) is 2. The Morgan fingerprint density at radius 1 is 1.40 bits per heavy atom. The van der Waals surface area contributed by atoms with Crippen molar-refractivity contribution in [2.45, 2.75) is 11.7 Å². The number of rotatable bonds is 6. The van der Waals surface area contributed by atoms with Crippen molar-refractivity contribution < 1.29 is 14.7 Å². The minimum absolute atomic E-state index is 0.149. The first-order valence-corrected chi connectivity index (χ1v) is 7.26. The maximum atomic E-state index is 11.3. The van der Waals surface area contributed by atoms with Crippen LogP contribution in [0.15, 0.2) is 30.5 Å². The monoisotopic (exact) mass is 292 g/mol. The fraction of sp³-hybridized carbons (Fsp3) is 0.286. The fourth-order valence-corrected chi connectivity index (χ4v) is 2.90. The molecule has 0 fully saturated rings. The zero-order valence-corrected chi connectivity index (χ0v) is 11.9. The van der Waals surface area contributed by atoms with Gasteiger partial charge >= 0.3 is 5.97 Å². The summed E-state index contributed by atoms with van der Waals surface area (Å²) in [4.78, 5) is 25.6. The van der Waals surface area contributed by atoms with E-state index in [1.54, 1.807) is 7.05 Å². The average Bonchev–Trinajstić information content (AvgIpc) is 2.86. The number of aromatic amines is 1. The largest absolute Gasteiger partial charge is 0.480 e. The van der Waals surface area contributed by atoms with Crippen LogP contribution >= 0.6 is 11.8 Å². The summed E-state index contributed by atoms with van der Waals surface area (Å²) in [6, 6.07) is 7.76. The van der Waals surface area contributed by atoms with E-state index in [2.05, 4.69) is 10.3 Å². The first-order chi connectivity index (χ1) is 9.61. The van der Waals surface area contributed by atoms with Gasteiger partial charge in [0.2, 0.25) is 5.91 Å². The second kappa shape index (κ2) is 6.47. The van der Waals surface area contributed by atoms with Crippen LogP contribution in [0.25, 0.3) is 10.9 Å². The molecule has 2 rings (SSSR count). The molecule has 1 heterocycles. The van der Waals surface area contributed by atoms with Crippen LogP contribution in [0.2, 0.25) is 0 Å². The molecule has 1 atom stereocenters. The first kappa shape index (κ1) is 14.5. The molecule has 3 N–H and O–H groups in total. The lowest BCUT2D eigenvalue weighted by Crippen LogP contribution is -2.25. The second-order valence-corrected chi connectivity index (χ2v) is 5.57. The summed E-state index contributed by atoms with van der Waals surface area (Å²) in [5, 5.41) is 12.2. The predicted molar refractivity (Wildman–Crippen MR) is 80.0 cm³/mol. The quantitative estimate of drug-likeness (QED) is 0.756. The van der Waals surface area contributed by atoms with Crippen molar-refractivity contribution in [3.05, 3.63) is 36.0 Å². The van der Waals surface area contributed by atoms with E-state index in [1.165, 1.54) is 0 Å². The van der Waals surface area contributed by atoms with Crippen molar-refractivity contribution in [3.8, 4) is 0 Å². The third-order valence-corrected chi connectivity index (χ3v) is 4.25. The molecule has 6 heteroatoms. The summed E-state index contributed by atoms with van der Waals surface area (Å²) < 4.78 is 0. The van der Waals surface area contributed by atoms with Crippen LogP contribution < -0.4 is 5.32 Å². The normalized spacial score (nSPS) is 12.2. The zero-order valence-electron chi connectivity index (χ0n) is 11.1. The van der Waals surface area contributed by atoms with Crippen molar-refractivity contribution in [1.29, 1.82) is 0 Å². The average molecular weight is 292 g/mol. The summed E-state index contributed by atoms with van der Waals surface area (Å²) in [6.07, 6.45) is 2.22. The highest BCUT2D eigenvalue weighted by molar-refractivity contribution is 8.01. The first-order valence-electron chi connectivity index (χ1n) is 6.21. The maximum absolute atomic E-state index is 11.3. The van der Waals surface area contributed by atoms with Crippen LogP contribution in [0.3, 0.4) is 0 Å². The van der Waals surface area contributed by atoms with Gasteiger partial charge in [0.15, 0.2) is 0 Å². The Morgan fingerprint density at radius 2 is 2.15 bits per heavy atom. The number of H-pyrrole nitrogens is 1. The van der Waals surface area contributed by atoms with Gasteiger partial charge in [-0.25, -0.2) is 0 Å². The standard InChI is InChI=1S/C14H16N2O3S/c1-15-13(17)8-20-12(14(18)19)6-9-7-16-11-5-3-2-4-10(9)11/h2-5,7,12,16H,6,8H2,1H3,(H,15,17)(H,18,19)/t12-/m0/s1. The number of aliphatic carboxylic acids is 1. The van der Waals surface area contributed by atoms with Gasteiger partial charge in [-0.05, 0) is 18.1 Å². The van der Waals surface area contributed by atoms with Gasteiger partial charge < -0.3 is 15.4 Å². The number of hydrogen-bond donors (Lipinski definition) is 3. The lowest BCUT2D eigenvalue weighted by molar-refractivity contribution is -0.136. The summed E-state index contributed by atoms with van der Waals surface area (Å²) in [5.74, 6) is -0.917. The number of amides is 1. The molecule has 20 heavy (non-hydrogen) atoms. The van der Waals surface area contributed by atoms with Crippen LogP contribution in [-0.4, -0.2) is 40.0 Å². The van der Waals surface area contributed by atoms with E-state index in [4.69, 9.17) is 0 Å². The third kappa shape index (κ3) is 3.33. The van der Waals surface area contributed by atoms with Gasteiger partial charge in [-0.2, -0.15) is 0 Å². The summed E-state index contributed by atoms with van der Waals surface area (Å²) in [5.41, 5.74) is 1.94. The summed E-state index contributed by atoms with van der Waals surface area (Å²) >= 11 is 1.14. The zero-order chi connectivity index (χ0) is 14.5. The fourth-order valence-electron chi connectivity index (χ4n) is 1.97. The Bertz CT molecular complexity index is 624. The number of para-hydroxylation sites is 1. The SMILES string of the molecule is CNC(=O)CS[C@@H](Cc1c[nH]c2ccccc12)C(=O)O. The number of thioether (sulfide) groups is 1. The van der Waals surface area contributed by atoms with Gasteiger partial charge in [-0.15, -0.1) is 11.8 Å². The summed E-state index contributed by atoms with van der Waals surface area (Å²) in [7, 11) is 1.54. The molecule has 1 amide bonds. The van der Waals surface area contributed by atoms with E-state index in [1.807, 2.05) is 30.5 Å². The lowest BCUT2D eigenvalue weighted by Gasteiger charge is -2.11. The minimum Gasteiger partial charge on any atom is -0.480 e. The number of carboxylic acids is 1. The minimum atomic E-state index is -0.899. The molecule has 0 radical (unpaired) electrons. The molecular weight excluding hydrogens is 276 g/mol. The van der Waals surface area contributed by atoms with Crippen LogP contribution in [0, 0.1) is 0 Å². The molecule has 0 bridgehead atoms. The van der Waals surface area contributed by atoms with E-state index in [0.29, 0.717) is 6.42 Å². The Balaban J connectivity index is 2.11. The number of carboxylic acid groups (broad SMARTS) is 1. The Kier molecular flexibility index (Phi) is 4.68. The van der Waals surface area contributed by atoms with E-state index in [-0.39, 0.29) is 11.7 Å². The maximum Gasteiger partial charge on any atom is 0.316 e. The molecule has 1 aromatic carbocycles. The molecule has 1 aromatic heterocycles. The van der Waals surface area contributed by atoms with E-state index < -0.39 is 11.2 Å². The second-order valence-electron chi connectivity index (χ2n) is 4.37. The Morgan fingerprint density at radius 3 is 2.85 bits per heavy atom. The highest BCUT2D eigenvalue weighted by Gasteiger charge is 2.21. The third-order valence-electron chi connectivity index (χ3n) is 3.05. The van der Waals surface area contributed by atoms with Gasteiger partial charge in [0.05, 0.1) is 5.75 Å². The van der Waals surface area contributed by atoms with Crippen molar-refractivity contribution in [2.75, 3.05) is 12.8 Å². The topological polar surface area (TPSA) is 82.2 Å². The highest BCUT2D eigenvalue weighted by atomic mass is 32.2. The van der Waals surface area contributed by atoms with Crippen LogP contribution in [0.4, 0.5) is 0 Å². The molecule has 2 aromatic rings.